The molecule has 2 unspecified atom stereocenters. The monoisotopic (exact) mass is 397 g/mol. The molecule has 1 aliphatic heterocycles. The van der Waals surface area contributed by atoms with Crippen molar-refractivity contribution in [1.29, 1.82) is 5.26 Å². The Kier molecular flexibility index (Phi) is 4.29. The van der Waals surface area contributed by atoms with Gasteiger partial charge in [-0.25, -0.2) is 4.39 Å². The third kappa shape index (κ3) is 2.84. The van der Waals surface area contributed by atoms with Gasteiger partial charge in [0.2, 0.25) is 0 Å². The molecule has 0 spiro atoms. The van der Waals surface area contributed by atoms with Crippen LogP contribution >= 0.6 is 0 Å². The molecule has 2 aliphatic rings. The zero-order chi connectivity index (χ0) is 20.8. The highest BCUT2D eigenvalue weighted by Crippen LogP contribution is 2.46. The first kappa shape index (κ1) is 18.4. The Bertz CT molecular complexity index is 1210. The second-order valence-electron chi connectivity index (χ2n) is 7.87. The summed E-state index contributed by atoms with van der Waals surface area (Å²) < 4.78 is 13.6. The molecule has 1 heterocycles. The van der Waals surface area contributed by atoms with E-state index in [1.807, 2.05) is 48.3 Å². The van der Waals surface area contributed by atoms with Crippen molar-refractivity contribution in [2.75, 3.05) is 5.01 Å². The fourth-order valence-corrected chi connectivity index (χ4v) is 4.70. The van der Waals surface area contributed by atoms with Crippen molar-refractivity contribution < 1.29 is 9.50 Å². The molecule has 4 nitrogen and oxygen atoms in total. The van der Waals surface area contributed by atoms with Crippen LogP contribution in [0.1, 0.15) is 40.3 Å². The molecule has 1 N–H and O–H groups in total. The van der Waals surface area contributed by atoms with Gasteiger partial charge in [-0.2, -0.15) is 10.4 Å². The van der Waals surface area contributed by atoms with Gasteiger partial charge < -0.3 is 5.11 Å². The Morgan fingerprint density at radius 1 is 1.13 bits per heavy atom. The highest BCUT2D eigenvalue weighted by molar-refractivity contribution is 6.07. The zero-order valence-corrected chi connectivity index (χ0v) is 16.5. The summed E-state index contributed by atoms with van der Waals surface area (Å²) in [5, 5.41) is 26.4. The van der Waals surface area contributed by atoms with Crippen LogP contribution in [0.3, 0.4) is 0 Å². The summed E-state index contributed by atoms with van der Waals surface area (Å²) in [6.07, 6.45) is 1.72. The Balaban J connectivity index is 1.69. The number of benzene rings is 3. The number of nitrogens with zero attached hydrogens (tertiary/aromatic N) is 3. The van der Waals surface area contributed by atoms with Crippen LogP contribution in [0.2, 0.25) is 0 Å². The summed E-state index contributed by atoms with van der Waals surface area (Å²) >= 11 is 0. The van der Waals surface area contributed by atoms with E-state index in [9.17, 15) is 14.8 Å². The molecule has 1 aliphatic carbocycles. The predicted octanol–water partition coefficient (Wildman–Crippen LogP) is 5.24. The Labute approximate surface area is 174 Å². The van der Waals surface area contributed by atoms with E-state index in [2.05, 4.69) is 6.07 Å². The second kappa shape index (κ2) is 7.00. The van der Waals surface area contributed by atoms with Crippen LogP contribution in [0.4, 0.5) is 10.1 Å². The van der Waals surface area contributed by atoms with Gasteiger partial charge in [0.25, 0.3) is 0 Å². The first-order valence-corrected chi connectivity index (χ1v) is 10.0. The Morgan fingerprint density at radius 2 is 1.93 bits per heavy atom. The van der Waals surface area contributed by atoms with Gasteiger partial charge in [0.15, 0.2) is 0 Å². The molecule has 30 heavy (non-hydrogen) atoms. The smallest absolute Gasteiger partial charge is 0.123 e. The molecule has 5 rings (SSSR count). The summed E-state index contributed by atoms with van der Waals surface area (Å²) in [5.74, 6) is 0.129. The number of aryl methyl sites for hydroxylation is 1. The van der Waals surface area contributed by atoms with E-state index in [1.165, 1.54) is 12.1 Å². The van der Waals surface area contributed by atoms with Gasteiger partial charge in [-0.1, -0.05) is 18.2 Å². The van der Waals surface area contributed by atoms with Crippen LogP contribution in [-0.4, -0.2) is 10.8 Å². The van der Waals surface area contributed by atoms with Gasteiger partial charge in [-0.05, 0) is 78.9 Å². The molecule has 2 atom stereocenters. The lowest BCUT2D eigenvalue weighted by Gasteiger charge is -2.31. The summed E-state index contributed by atoms with van der Waals surface area (Å²) in [6.45, 7) is 1.93. The zero-order valence-electron chi connectivity index (χ0n) is 16.5. The Hall–Kier alpha value is -3.65. The number of phenolic OH excluding ortho intramolecular Hbond substituents is 1. The van der Waals surface area contributed by atoms with Crippen LogP contribution in [0.5, 0.6) is 5.75 Å². The van der Waals surface area contributed by atoms with Crippen molar-refractivity contribution in [1.82, 2.24) is 0 Å². The number of aromatic hydroxyl groups is 1. The normalized spacial score (nSPS) is 19.6. The largest absolute Gasteiger partial charge is 0.508 e. The maximum Gasteiger partial charge on any atom is 0.123 e. The lowest BCUT2D eigenvalue weighted by atomic mass is 9.77. The lowest BCUT2D eigenvalue weighted by molar-refractivity contribution is 0.472. The summed E-state index contributed by atoms with van der Waals surface area (Å²) in [6, 6.07) is 19.9. The average molecular weight is 397 g/mol. The predicted molar refractivity (Wildman–Crippen MR) is 114 cm³/mol. The molecule has 3 aromatic carbocycles. The first-order chi connectivity index (χ1) is 14.6. The molecule has 148 valence electrons. The van der Waals surface area contributed by atoms with Gasteiger partial charge in [-0.3, -0.25) is 5.01 Å². The van der Waals surface area contributed by atoms with Gasteiger partial charge in [0.1, 0.15) is 11.6 Å². The minimum atomic E-state index is -0.267. The van der Waals surface area contributed by atoms with Crippen LogP contribution in [0.25, 0.3) is 0 Å². The molecule has 3 aromatic rings. The quantitative estimate of drug-likeness (QED) is 0.643. The fourth-order valence-electron chi connectivity index (χ4n) is 4.70. The van der Waals surface area contributed by atoms with Gasteiger partial charge in [-0.15, -0.1) is 0 Å². The van der Waals surface area contributed by atoms with E-state index in [0.717, 1.165) is 46.5 Å². The molecule has 0 aromatic heterocycles. The number of nitriles is 1. The van der Waals surface area contributed by atoms with Crippen LogP contribution in [0.15, 0.2) is 65.8 Å². The topological polar surface area (TPSA) is 59.6 Å². The molecule has 0 saturated carbocycles. The molecule has 0 saturated heterocycles. The second-order valence-corrected chi connectivity index (χ2v) is 7.87. The maximum absolute atomic E-state index is 13.6. The van der Waals surface area contributed by atoms with Gasteiger partial charge >= 0.3 is 0 Å². The van der Waals surface area contributed by atoms with E-state index in [4.69, 9.17) is 5.10 Å². The minimum Gasteiger partial charge on any atom is -0.508 e. The number of hydrogen-bond acceptors (Lipinski definition) is 4. The molecule has 0 fully saturated rings. The van der Waals surface area contributed by atoms with E-state index in [-0.39, 0.29) is 23.5 Å². The number of halogens is 1. The fraction of sp³-hybridized carbons (Fsp3) is 0.200. The van der Waals surface area contributed by atoms with Gasteiger partial charge in [0.05, 0.1) is 29.1 Å². The van der Waals surface area contributed by atoms with Crippen LogP contribution in [-0.2, 0) is 6.42 Å². The van der Waals surface area contributed by atoms with Crippen molar-refractivity contribution in [3.63, 3.8) is 0 Å². The number of hydrogen-bond donors (Lipinski definition) is 1. The third-order valence-corrected chi connectivity index (χ3v) is 6.18. The number of anilines is 1. The van der Waals surface area contributed by atoms with Gasteiger partial charge in [0, 0.05) is 11.5 Å². The van der Waals surface area contributed by atoms with E-state index < -0.39 is 0 Å². The third-order valence-electron chi connectivity index (χ3n) is 6.18. The van der Waals surface area contributed by atoms with Crippen molar-refractivity contribution in [3.8, 4) is 11.8 Å². The molecule has 0 bridgehead atoms. The highest BCUT2D eigenvalue weighted by Gasteiger charge is 2.42. The van der Waals surface area contributed by atoms with E-state index in [1.54, 1.807) is 12.1 Å². The first-order valence-electron chi connectivity index (χ1n) is 10.0. The van der Waals surface area contributed by atoms with E-state index in [0.29, 0.717) is 5.56 Å². The summed E-state index contributed by atoms with van der Waals surface area (Å²) in [5.41, 5.74) is 6.48. The SMILES string of the molecule is Cc1c(C#N)cccc1N1N=C2c3ccc(O)cc3CCC2C1c1ccc(F)cc1. The molecule has 5 heteroatoms. The number of phenols is 1. The number of rotatable bonds is 2. The van der Waals surface area contributed by atoms with Crippen LogP contribution in [0, 0.1) is 30.0 Å². The minimum absolute atomic E-state index is 0.0878. The molecule has 0 radical (unpaired) electrons. The average Bonchev–Trinajstić information content (AvgIpc) is 3.14. The van der Waals surface area contributed by atoms with Crippen molar-refractivity contribution in [2.45, 2.75) is 25.8 Å². The Morgan fingerprint density at radius 3 is 2.70 bits per heavy atom. The summed E-state index contributed by atoms with van der Waals surface area (Å²) in [4.78, 5) is 0. The highest BCUT2D eigenvalue weighted by atomic mass is 19.1. The number of hydrazone groups is 1. The summed E-state index contributed by atoms with van der Waals surface area (Å²) in [7, 11) is 0. The molecular weight excluding hydrogens is 377 g/mol. The van der Waals surface area contributed by atoms with Crippen molar-refractivity contribution in [3.05, 3.63) is 94.3 Å². The molecule has 0 amide bonds. The number of fused-ring (bicyclic) bond motifs is 3. The standard InChI is InChI=1S/C25H20FN3O/c1-15-18(14-27)3-2-4-23(15)29-25(16-5-8-19(26)9-6-16)22-11-7-17-13-20(30)10-12-21(17)24(22)28-29/h2-6,8-10,12-13,22,25,30H,7,11H2,1H3. The van der Waals surface area contributed by atoms with Crippen LogP contribution < -0.4 is 5.01 Å². The van der Waals surface area contributed by atoms with Crippen molar-refractivity contribution in [2.24, 2.45) is 11.0 Å². The molecular formula is C25H20FN3O. The lowest BCUT2D eigenvalue weighted by Crippen LogP contribution is -2.29. The van der Waals surface area contributed by atoms with E-state index >= 15 is 0 Å². The maximum atomic E-state index is 13.6. The van der Waals surface area contributed by atoms with Crippen molar-refractivity contribution >= 4 is 11.4 Å².